The van der Waals surface area contributed by atoms with Gasteiger partial charge < -0.3 is 4.74 Å². The van der Waals surface area contributed by atoms with E-state index in [-0.39, 0.29) is 11.4 Å². The molecule has 0 fully saturated rings. The lowest BCUT2D eigenvalue weighted by Gasteiger charge is -2.05. The van der Waals surface area contributed by atoms with Crippen LogP contribution in [0.1, 0.15) is 5.56 Å². The van der Waals surface area contributed by atoms with Crippen LogP contribution in [0, 0.1) is 12.7 Å². The van der Waals surface area contributed by atoms with Crippen molar-refractivity contribution in [1.29, 1.82) is 0 Å². The van der Waals surface area contributed by atoms with Gasteiger partial charge in [0.05, 0.1) is 7.11 Å². The molecule has 68 valence electrons. The third kappa shape index (κ3) is 1.73. The minimum atomic E-state index is -0.633. The number of aryl methyl sites for hydroxylation is 1. The molecule has 1 aromatic rings. The summed E-state index contributed by atoms with van der Waals surface area (Å²) in [6.07, 6.45) is 1.28. The van der Waals surface area contributed by atoms with Crippen LogP contribution in [0.25, 0.3) is 0 Å². The van der Waals surface area contributed by atoms with Crippen LogP contribution in [-0.2, 0) is 4.79 Å². The van der Waals surface area contributed by atoms with Crippen LogP contribution in [0.3, 0.4) is 0 Å². The van der Waals surface area contributed by atoms with E-state index in [4.69, 9.17) is 4.74 Å². The molecule has 0 bridgehead atoms. The number of methoxy groups -OCH3 is 1. The second kappa shape index (κ2) is 3.83. The molecule has 1 rings (SSSR count). The molecule has 0 amide bonds. The highest BCUT2D eigenvalue weighted by atomic mass is 19.1. The average molecular weight is 181 g/mol. The van der Waals surface area contributed by atoms with E-state index < -0.39 is 5.82 Å². The summed E-state index contributed by atoms with van der Waals surface area (Å²) in [5, 5.41) is 0. The monoisotopic (exact) mass is 181 g/mol. The van der Waals surface area contributed by atoms with Gasteiger partial charge in [-0.2, -0.15) is 4.99 Å². The van der Waals surface area contributed by atoms with Crippen molar-refractivity contribution in [2.75, 3.05) is 7.11 Å². The van der Waals surface area contributed by atoms with Crippen molar-refractivity contribution in [2.45, 2.75) is 6.92 Å². The quantitative estimate of drug-likeness (QED) is 0.517. The zero-order valence-electron chi connectivity index (χ0n) is 7.30. The molecule has 4 heteroatoms. The number of aliphatic imine (C=N–C) groups is 1. The van der Waals surface area contributed by atoms with Crippen molar-refractivity contribution in [1.82, 2.24) is 0 Å². The lowest BCUT2D eigenvalue weighted by Crippen LogP contribution is -1.91. The zero-order valence-corrected chi connectivity index (χ0v) is 7.30. The number of rotatable bonds is 2. The molecule has 0 saturated heterocycles. The van der Waals surface area contributed by atoms with Crippen molar-refractivity contribution in [2.24, 2.45) is 4.99 Å². The molecule has 0 saturated carbocycles. The highest BCUT2D eigenvalue weighted by molar-refractivity contribution is 5.54. The maximum absolute atomic E-state index is 13.3. The fourth-order valence-corrected chi connectivity index (χ4v) is 1.03. The van der Waals surface area contributed by atoms with Gasteiger partial charge in [0, 0.05) is 0 Å². The molecule has 0 aliphatic rings. The van der Waals surface area contributed by atoms with Crippen molar-refractivity contribution in [3.8, 4) is 5.75 Å². The number of ether oxygens (including phenoxy) is 1. The summed E-state index contributed by atoms with van der Waals surface area (Å²) in [5.74, 6) is -0.526. The van der Waals surface area contributed by atoms with E-state index in [9.17, 15) is 9.18 Å². The molecule has 0 heterocycles. The molecule has 3 nitrogen and oxygen atoms in total. The summed E-state index contributed by atoms with van der Waals surface area (Å²) in [6, 6.07) is 3.02. The number of benzene rings is 1. The topological polar surface area (TPSA) is 38.7 Å². The van der Waals surface area contributed by atoms with Gasteiger partial charge in [0.25, 0.3) is 0 Å². The molecule has 0 aliphatic heterocycles. The van der Waals surface area contributed by atoms with Gasteiger partial charge in [0.15, 0.2) is 11.6 Å². The molecule has 0 spiro atoms. The number of halogens is 1. The van der Waals surface area contributed by atoms with Gasteiger partial charge in [-0.05, 0) is 18.6 Å². The average Bonchev–Trinajstić information content (AvgIpc) is 2.11. The van der Waals surface area contributed by atoms with Gasteiger partial charge in [-0.15, -0.1) is 0 Å². The van der Waals surface area contributed by atoms with E-state index in [1.165, 1.54) is 19.3 Å². The molecule has 1 aromatic carbocycles. The second-order valence-corrected chi connectivity index (χ2v) is 2.45. The SMILES string of the molecule is COc1c(C)ccc(N=C=O)c1F. The molecule has 0 radical (unpaired) electrons. The third-order valence-electron chi connectivity index (χ3n) is 1.64. The number of hydrogen-bond acceptors (Lipinski definition) is 3. The Hall–Kier alpha value is -1.67. The molecule has 0 N–H and O–H groups in total. The van der Waals surface area contributed by atoms with E-state index in [0.29, 0.717) is 5.56 Å². The van der Waals surface area contributed by atoms with Crippen LogP contribution in [0.2, 0.25) is 0 Å². The van der Waals surface area contributed by atoms with Gasteiger partial charge in [-0.3, -0.25) is 0 Å². The fourth-order valence-electron chi connectivity index (χ4n) is 1.03. The highest BCUT2D eigenvalue weighted by Gasteiger charge is 2.10. The molecule has 0 unspecified atom stereocenters. The molecule has 0 aromatic heterocycles. The smallest absolute Gasteiger partial charge is 0.240 e. The number of nitrogens with zero attached hydrogens (tertiary/aromatic N) is 1. The van der Waals surface area contributed by atoms with E-state index in [0.717, 1.165) is 0 Å². The highest BCUT2D eigenvalue weighted by Crippen LogP contribution is 2.29. The van der Waals surface area contributed by atoms with Crippen LogP contribution in [-0.4, -0.2) is 13.2 Å². The number of isocyanates is 1. The largest absolute Gasteiger partial charge is 0.493 e. The van der Waals surface area contributed by atoms with E-state index in [1.807, 2.05) is 0 Å². The van der Waals surface area contributed by atoms with Crippen molar-refractivity contribution in [3.63, 3.8) is 0 Å². The van der Waals surface area contributed by atoms with Gasteiger partial charge in [0.1, 0.15) is 5.69 Å². The first kappa shape index (κ1) is 9.42. The predicted octanol–water partition coefficient (Wildman–Crippen LogP) is 2.11. The Bertz CT molecular complexity index is 370. The first-order chi connectivity index (χ1) is 6.20. The van der Waals surface area contributed by atoms with Crippen LogP contribution >= 0.6 is 0 Å². The molecule has 0 atom stereocenters. The summed E-state index contributed by atoms with van der Waals surface area (Å²) in [4.78, 5) is 13.1. The van der Waals surface area contributed by atoms with Crippen molar-refractivity contribution < 1.29 is 13.9 Å². The Labute approximate surface area is 74.9 Å². The van der Waals surface area contributed by atoms with E-state index in [2.05, 4.69) is 4.99 Å². The normalized spacial score (nSPS) is 9.15. The van der Waals surface area contributed by atoms with Crippen LogP contribution in [0.15, 0.2) is 17.1 Å². The van der Waals surface area contributed by atoms with E-state index >= 15 is 0 Å². The summed E-state index contributed by atoms with van der Waals surface area (Å²) < 4.78 is 18.1. The lowest BCUT2D eigenvalue weighted by molar-refractivity contribution is 0.384. The summed E-state index contributed by atoms with van der Waals surface area (Å²) in [5.41, 5.74) is 0.599. The Balaban J connectivity index is 3.35. The van der Waals surface area contributed by atoms with Crippen LogP contribution in [0.4, 0.5) is 10.1 Å². The maximum atomic E-state index is 13.3. The number of carbonyl (C=O) groups excluding carboxylic acids is 1. The van der Waals surface area contributed by atoms with Crippen LogP contribution < -0.4 is 4.74 Å². The summed E-state index contributed by atoms with van der Waals surface area (Å²) in [7, 11) is 1.36. The van der Waals surface area contributed by atoms with E-state index in [1.54, 1.807) is 13.0 Å². The third-order valence-corrected chi connectivity index (χ3v) is 1.64. The summed E-state index contributed by atoms with van der Waals surface area (Å²) >= 11 is 0. The van der Waals surface area contributed by atoms with Gasteiger partial charge in [-0.1, -0.05) is 6.07 Å². The van der Waals surface area contributed by atoms with Crippen LogP contribution in [0.5, 0.6) is 5.75 Å². The second-order valence-electron chi connectivity index (χ2n) is 2.45. The molecule has 13 heavy (non-hydrogen) atoms. The first-order valence-electron chi connectivity index (χ1n) is 3.61. The zero-order chi connectivity index (χ0) is 9.84. The Morgan fingerprint density at radius 1 is 1.54 bits per heavy atom. The number of hydrogen-bond donors (Lipinski definition) is 0. The fraction of sp³-hybridized carbons (Fsp3) is 0.222. The minimum Gasteiger partial charge on any atom is -0.493 e. The van der Waals surface area contributed by atoms with Gasteiger partial charge in [-0.25, -0.2) is 9.18 Å². The first-order valence-corrected chi connectivity index (χ1v) is 3.61. The minimum absolute atomic E-state index is 0.0579. The van der Waals surface area contributed by atoms with Crippen molar-refractivity contribution >= 4 is 11.8 Å². The Kier molecular flexibility index (Phi) is 2.77. The molecular formula is C9H8FNO2. The van der Waals surface area contributed by atoms with Gasteiger partial charge >= 0.3 is 0 Å². The van der Waals surface area contributed by atoms with Crippen molar-refractivity contribution in [3.05, 3.63) is 23.5 Å². The maximum Gasteiger partial charge on any atom is 0.240 e. The summed E-state index contributed by atoms with van der Waals surface area (Å²) in [6.45, 7) is 1.70. The van der Waals surface area contributed by atoms with Gasteiger partial charge in [0.2, 0.25) is 6.08 Å². The predicted molar refractivity (Wildman–Crippen MR) is 45.5 cm³/mol. The Morgan fingerprint density at radius 2 is 2.23 bits per heavy atom. The Morgan fingerprint density at radius 3 is 2.77 bits per heavy atom. The lowest BCUT2D eigenvalue weighted by atomic mass is 10.2. The molecular weight excluding hydrogens is 173 g/mol. The molecule has 0 aliphatic carbocycles. The standard InChI is InChI=1S/C9H8FNO2/c1-6-3-4-7(11-5-12)8(10)9(6)13-2/h3-4H,1-2H3.